The van der Waals surface area contributed by atoms with Crippen LogP contribution in [-0.2, 0) is 11.3 Å². The first-order valence-corrected chi connectivity index (χ1v) is 5.87. The van der Waals surface area contributed by atoms with Gasteiger partial charge in [0.2, 0.25) is 5.91 Å². The zero-order chi connectivity index (χ0) is 12.1. The predicted octanol–water partition coefficient (Wildman–Crippen LogP) is 1.48. The van der Waals surface area contributed by atoms with Crippen molar-refractivity contribution in [3.05, 3.63) is 33.2 Å². The fourth-order valence-electron chi connectivity index (χ4n) is 1.31. The lowest BCUT2D eigenvalue weighted by Crippen LogP contribution is -2.23. The quantitative estimate of drug-likeness (QED) is 0.841. The molecule has 88 valence electrons. The number of pyridine rings is 1. The van der Waals surface area contributed by atoms with E-state index in [0.29, 0.717) is 23.9 Å². The van der Waals surface area contributed by atoms with E-state index in [1.165, 1.54) is 0 Å². The summed E-state index contributed by atoms with van der Waals surface area (Å²) >= 11 is 3.18. The molecule has 4 nitrogen and oxygen atoms in total. The van der Waals surface area contributed by atoms with Crippen molar-refractivity contribution >= 4 is 21.8 Å². The van der Waals surface area contributed by atoms with Gasteiger partial charge in [0.1, 0.15) is 0 Å². The molecule has 0 bridgehead atoms. The molecule has 0 atom stereocenters. The molecule has 0 unspecified atom stereocenters. The zero-order valence-electron chi connectivity index (χ0n) is 9.44. The Balaban J connectivity index is 2.53. The van der Waals surface area contributed by atoms with Crippen molar-refractivity contribution in [2.24, 2.45) is 0 Å². The topological polar surface area (TPSA) is 42.3 Å². The number of halogens is 1. The lowest BCUT2D eigenvalue weighted by Gasteiger charge is -2.10. The summed E-state index contributed by atoms with van der Waals surface area (Å²) in [5, 5.41) is 0. The zero-order valence-corrected chi connectivity index (χ0v) is 11.0. The third kappa shape index (κ3) is 3.48. The van der Waals surface area contributed by atoms with Crippen molar-refractivity contribution in [3.8, 4) is 0 Å². The third-order valence-electron chi connectivity index (χ3n) is 2.26. The molecular formula is C11H15BrN2O2. The summed E-state index contributed by atoms with van der Waals surface area (Å²) in [5.41, 5.74) is -0.0557. The smallest absolute Gasteiger partial charge is 0.264 e. The van der Waals surface area contributed by atoms with Crippen molar-refractivity contribution in [1.29, 1.82) is 0 Å². The number of aryl methyl sites for hydroxylation is 1. The molecule has 0 aliphatic heterocycles. The standard InChI is InChI=1S/C11H15BrN2O2/c1-13(2)10(15)6-4-8-14-7-3-5-9(12)11(14)16/h3,5,7H,4,6,8H2,1-2H3. The van der Waals surface area contributed by atoms with Crippen molar-refractivity contribution in [2.45, 2.75) is 19.4 Å². The molecule has 1 amide bonds. The lowest BCUT2D eigenvalue weighted by molar-refractivity contribution is -0.128. The molecule has 1 aromatic rings. The van der Waals surface area contributed by atoms with E-state index in [9.17, 15) is 9.59 Å². The van der Waals surface area contributed by atoms with Crippen LogP contribution < -0.4 is 5.56 Å². The summed E-state index contributed by atoms with van der Waals surface area (Å²) in [6.07, 6.45) is 2.87. The first-order valence-electron chi connectivity index (χ1n) is 5.07. The third-order valence-corrected chi connectivity index (χ3v) is 2.87. The van der Waals surface area contributed by atoms with E-state index in [-0.39, 0.29) is 11.5 Å². The van der Waals surface area contributed by atoms with E-state index in [4.69, 9.17) is 0 Å². The average molecular weight is 287 g/mol. The van der Waals surface area contributed by atoms with Gasteiger partial charge < -0.3 is 9.47 Å². The van der Waals surface area contributed by atoms with Crippen molar-refractivity contribution < 1.29 is 4.79 Å². The summed E-state index contributed by atoms with van der Waals surface area (Å²) in [6, 6.07) is 3.52. The molecule has 5 heteroatoms. The lowest BCUT2D eigenvalue weighted by atomic mass is 10.3. The van der Waals surface area contributed by atoms with Gasteiger partial charge in [0.05, 0.1) is 4.47 Å². The molecule has 1 rings (SSSR count). The Labute approximate surface area is 103 Å². The molecule has 0 radical (unpaired) electrons. The molecule has 0 saturated carbocycles. The summed E-state index contributed by atoms with van der Waals surface area (Å²) < 4.78 is 2.15. The van der Waals surface area contributed by atoms with Gasteiger partial charge in [-0.05, 0) is 34.5 Å². The Kier molecular flexibility index (Phi) is 4.73. The van der Waals surface area contributed by atoms with Crippen LogP contribution in [0.4, 0.5) is 0 Å². The van der Waals surface area contributed by atoms with Crippen LogP contribution in [0, 0.1) is 0 Å². The van der Waals surface area contributed by atoms with Gasteiger partial charge in [0, 0.05) is 33.3 Å². The molecule has 0 fully saturated rings. The van der Waals surface area contributed by atoms with E-state index < -0.39 is 0 Å². The summed E-state index contributed by atoms with van der Waals surface area (Å²) in [4.78, 5) is 24.5. The number of nitrogens with zero attached hydrogens (tertiary/aromatic N) is 2. The van der Waals surface area contributed by atoms with Gasteiger partial charge in [-0.15, -0.1) is 0 Å². The van der Waals surface area contributed by atoms with Crippen LogP contribution in [0.25, 0.3) is 0 Å². The maximum Gasteiger partial charge on any atom is 0.264 e. The number of amides is 1. The second-order valence-electron chi connectivity index (χ2n) is 3.75. The maximum absolute atomic E-state index is 11.6. The Bertz CT molecular complexity index is 426. The predicted molar refractivity (Wildman–Crippen MR) is 66.3 cm³/mol. The fourth-order valence-corrected chi connectivity index (χ4v) is 1.69. The highest BCUT2D eigenvalue weighted by Crippen LogP contribution is 2.02. The van der Waals surface area contributed by atoms with Crippen LogP contribution in [0.2, 0.25) is 0 Å². The molecule has 0 aromatic carbocycles. The molecule has 16 heavy (non-hydrogen) atoms. The molecule has 1 aromatic heterocycles. The summed E-state index contributed by atoms with van der Waals surface area (Å²) in [6.45, 7) is 0.567. The summed E-state index contributed by atoms with van der Waals surface area (Å²) in [7, 11) is 3.46. The minimum absolute atomic E-state index is 0.0557. The normalized spacial score (nSPS) is 10.2. The Morgan fingerprint density at radius 1 is 1.50 bits per heavy atom. The summed E-state index contributed by atoms with van der Waals surface area (Å²) in [5.74, 6) is 0.0862. The van der Waals surface area contributed by atoms with Crippen molar-refractivity contribution in [1.82, 2.24) is 9.47 Å². The minimum atomic E-state index is -0.0557. The first-order chi connectivity index (χ1) is 7.52. The highest BCUT2D eigenvalue weighted by molar-refractivity contribution is 9.10. The molecule has 0 spiro atoms. The van der Waals surface area contributed by atoms with E-state index in [0.717, 1.165) is 0 Å². The maximum atomic E-state index is 11.6. The van der Waals surface area contributed by atoms with Crippen molar-refractivity contribution in [2.75, 3.05) is 14.1 Å². The highest BCUT2D eigenvalue weighted by Gasteiger charge is 2.04. The van der Waals surface area contributed by atoms with Crippen LogP contribution in [-0.4, -0.2) is 29.5 Å². The fraction of sp³-hybridized carbons (Fsp3) is 0.455. The van der Waals surface area contributed by atoms with Crippen LogP contribution >= 0.6 is 15.9 Å². The number of carbonyl (C=O) groups excluding carboxylic acids is 1. The molecule has 0 aliphatic rings. The second kappa shape index (κ2) is 5.84. The Morgan fingerprint density at radius 3 is 2.81 bits per heavy atom. The number of carbonyl (C=O) groups is 1. The van der Waals surface area contributed by atoms with Crippen LogP contribution in [0.5, 0.6) is 0 Å². The number of aromatic nitrogens is 1. The van der Waals surface area contributed by atoms with E-state index in [1.807, 2.05) is 0 Å². The number of hydrogen-bond acceptors (Lipinski definition) is 2. The Hall–Kier alpha value is -1.10. The van der Waals surface area contributed by atoms with E-state index in [1.54, 1.807) is 41.9 Å². The van der Waals surface area contributed by atoms with E-state index in [2.05, 4.69) is 15.9 Å². The van der Waals surface area contributed by atoms with Crippen LogP contribution in [0.1, 0.15) is 12.8 Å². The monoisotopic (exact) mass is 286 g/mol. The average Bonchev–Trinajstić information content (AvgIpc) is 2.24. The van der Waals surface area contributed by atoms with Gasteiger partial charge >= 0.3 is 0 Å². The highest BCUT2D eigenvalue weighted by atomic mass is 79.9. The molecule has 0 N–H and O–H groups in total. The SMILES string of the molecule is CN(C)C(=O)CCCn1cccc(Br)c1=O. The Morgan fingerprint density at radius 2 is 2.19 bits per heavy atom. The second-order valence-corrected chi connectivity index (χ2v) is 4.60. The van der Waals surface area contributed by atoms with Crippen LogP contribution in [0.15, 0.2) is 27.6 Å². The number of rotatable bonds is 4. The molecule has 0 saturated heterocycles. The minimum Gasteiger partial charge on any atom is -0.349 e. The van der Waals surface area contributed by atoms with Gasteiger partial charge in [0.15, 0.2) is 0 Å². The van der Waals surface area contributed by atoms with E-state index >= 15 is 0 Å². The molecular weight excluding hydrogens is 272 g/mol. The van der Waals surface area contributed by atoms with Crippen LogP contribution in [0.3, 0.4) is 0 Å². The van der Waals surface area contributed by atoms with Gasteiger partial charge in [0.25, 0.3) is 5.56 Å². The first kappa shape index (κ1) is 13.0. The molecule has 1 heterocycles. The van der Waals surface area contributed by atoms with Gasteiger partial charge in [-0.1, -0.05) is 0 Å². The van der Waals surface area contributed by atoms with Gasteiger partial charge in [-0.3, -0.25) is 9.59 Å². The number of hydrogen-bond donors (Lipinski definition) is 0. The van der Waals surface area contributed by atoms with Gasteiger partial charge in [-0.25, -0.2) is 0 Å². The largest absolute Gasteiger partial charge is 0.349 e. The van der Waals surface area contributed by atoms with Crippen molar-refractivity contribution in [3.63, 3.8) is 0 Å². The van der Waals surface area contributed by atoms with Gasteiger partial charge in [-0.2, -0.15) is 0 Å². The molecule has 0 aliphatic carbocycles.